The second-order valence-electron chi connectivity index (χ2n) is 4.71. The average Bonchev–Trinajstić information content (AvgIpc) is 2.94. The van der Waals surface area contributed by atoms with E-state index in [1.54, 1.807) is 0 Å². The Balaban J connectivity index is 2.27. The molecule has 104 valence electrons. The highest BCUT2D eigenvalue weighted by molar-refractivity contribution is 7.90. The zero-order valence-electron chi connectivity index (χ0n) is 9.27. The lowest BCUT2D eigenvalue weighted by Crippen LogP contribution is -2.48. The number of hydrogen-bond acceptors (Lipinski definition) is 3. The van der Waals surface area contributed by atoms with Gasteiger partial charge in [-0.25, -0.2) is 12.7 Å². The second-order valence-corrected chi connectivity index (χ2v) is 6.93. The van der Waals surface area contributed by atoms with Crippen LogP contribution >= 0.6 is 0 Å². The van der Waals surface area contributed by atoms with Crippen molar-refractivity contribution >= 4 is 16.0 Å². The molecule has 2 aliphatic rings. The Labute approximate surface area is 102 Å². The molecule has 18 heavy (non-hydrogen) atoms. The number of aliphatic carboxylic acids is 1. The van der Waals surface area contributed by atoms with Gasteiger partial charge in [0.15, 0.2) is 5.41 Å². The molecule has 0 aromatic carbocycles. The number of carboxylic acid groups (broad SMARTS) is 1. The van der Waals surface area contributed by atoms with Gasteiger partial charge >= 0.3 is 12.1 Å². The molecule has 0 spiro atoms. The van der Waals surface area contributed by atoms with E-state index in [9.17, 15) is 26.4 Å². The van der Waals surface area contributed by atoms with Crippen molar-refractivity contribution in [3.63, 3.8) is 0 Å². The highest BCUT2D eigenvalue weighted by atomic mass is 32.2. The van der Waals surface area contributed by atoms with Gasteiger partial charge in [-0.2, -0.15) is 13.2 Å². The van der Waals surface area contributed by atoms with Crippen LogP contribution in [0.5, 0.6) is 0 Å². The van der Waals surface area contributed by atoms with E-state index in [-0.39, 0.29) is 6.54 Å². The number of halogens is 3. The maximum Gasteiger partial charge on any atom is 0.406 e. The molecule has 1 atom stereocenters. The van der Waals surface area contributed by atoms with Gasteiger partial charge in [0.1, 0.15) is 0 Å². The van der Waals surface area contributed by atoms with E-state index in [1.165, 1.54) is 0 Å². The van der Waals surface area contributed by atoms with Crippen LogP contribution in [0.4, 0.5) is 13.2 Å². The first kappa shape index (κ1) is 13.6. The molecule has 0 aromatic rings. The van der Waals surface area contributed by atoms with Crippen LogP contribution in [0.2, 0.25) is 0 Å². The summed E-state index contributed by atoms with van der Waals surface area (Å²) in [7, 11) is -3.76. The van der Waals surface area contributed by atoms with Crippen LogP contribution in [0.25, 0.3) is 0 Å². The van der Waals surface area contributed by atoms with Gasteiger partial charge in [-0.3, -0.25) is 4.79 Å². The predicted octanol–water partition coefficient (Wildman–Crippen LogP) is 0.818. The van der Waals surface area contributed by atoms with Gasteiger partial charge in [0.05, 0.1) is 5.25 Å². The fourth-order valence-electron chi connectivity index (χ4n) is 2.10. The minimum absolute atomic E-state index is 0.384. The molecule has 0 amide bonds. The first-order chi connectivity index (χ1) is 8.11. The van der Waals surface area contributed by atoms with Crippen molar-refractivity contribution in [2.24, 2.45) is 5.41 Å². The standard InChI is InChI=1S/C9H12F3NO4S/c10-9(11,12)8(7(14)15)3-4-13(5-8)18(16,17)6-1-2-6/h6H,1-5H2,(H,14,15). The summed E-state index contributed by atoms with van der Waals surface area (Å²) in [6.45, 7) is -1.39. The van der Waals surface area contributed by atoms with Crippen molar-refractivity contribution < 1.29 is 31.5 Å². The van der Waals surface area contributed by atoms with Crippen molar-refractivity contribution in [3.05, 3.63) is 0 Å². The van der Waals surface area contributed by atoms with Crippen molar-refractivity contribution in [1.82, 2.24) is 4.31 Å². The molecule has 5 nitrogen and oxygen atoms in total. The number of alkyl halides is 3. The Hall–Kier alpha value is -0.830. The molecule has 0 radical (unpaired) electrons. The van der Waals surface area contributed by atoms with Crippen LogP contribution < -0.4 is 0 Å². The minimum atomic E-state index is -4.95. The van der Waals surface area contributed by atoms with E-state index in [0.29, 0.717) is 17.1 Å². The normalized spacial score (nSPS) is 30.6. The monoisotopic (exact) mass is 287 g/mol. The second kappa shape index (κ2) is 3.83. The third-order valence-corrected chi connectivity index (χ3v) is 5.84. The first-order valence-electron chi connectivity index (χ1n) is 5.40. The average molecular weight is 287 g/mol. The molecule has 9 heteroatoms. The SMILES string of the molecule is O=C(O)C1(C(F)(F)F)CCN(S(=O)(=O)C2CC2)C1. The molecule has 1 aliphatic heterocycles. The fraction of sp³-hybridized carbons (Fsp3) is 0.889. The molecular weight excluding hydrogens is 275 g/mol. The maximum absolute atomic E-state index is 12.8. The molecular formula is C9H12F3NO4S. The van der Waals surface area contributed by atoms with Crippen LogP contribution in [0.3, 0.4) is 0 Å². The van der Waals surface area contributed by atoms with Gasteiger partial charge in [-0.1, -0.05) is 0 Å². The van der Waals surface area contributed by atoms with Crippen molar-refractivity contribution in [2.45, 2.75) is 30.7 Å². The quantitative estimate of drug-likeness (QED) is 0.834. The van der Waals surface area contributed by atoms with Crippen molar-refractivity contribution in [2.75, 3.05) is 13.1 Å². The molecule has 1 unspecified atom stereocenters. The van der Waals surface area contributed by atoms with Crippen LogP contribution in [-0.2, 0) is 14.8 Å². The summed E-state index contributed by atoms with van der Waals surface area (Å²) in [4.78, 5) is 10.9. The zero-order valence-corrected chi connectivity index (χ0v) is 10.1. The molecule has 2 rings (SSSR count). The molecule has 0 aromatic heterocycles. The maximum atomic E-state index is 12.8. The summed E-state index contributed by atoms with van der Waals surface area (Å²) in [5.41, 5.74) is -2.96. The Kier molecular flexibility index (Phi) is 2.89. The molecule has 1 saturated heterocycles. The fourth-order valence-corrected chi connectivity index (χ4v) is 4.00. The number of nitrogens with zero attached hydrogens (tertiary/aromatic N) is 1. The Morgan fingerprint density at radius 3 is 2.22 bits per heavy atom. The van der Waals surface area contributed by atoms with E-state index in [4.69, 9.17) is 5.11 Å². The van der Waals surface area contributed by atoms with Crippen LogP contribution in [0, 0.1) is 5.41 Å². The first-order valence-corrected chi connectivity index (χ1v) is 6.91. The van der Waals surface area contributed by atoms with E-state index >= 15 is 0 Å². The van der Waals surface area contributed by atoms with E-state index in [1.807, 2.05) is 0 Å². The third kappa shape index (κ3) is 1.89. The van der Waals surface area contributed by atoms with Crippen LogP contribution in [-0.4, -0.2) is 48.3 Å². The highest BCUT2D eigenvalue weighted by Gasteiger charge is 2.65. The van der Waals surface area contributed by atoms with Crippen molar-refractivity contribution in [1.29, 1.82) is 0 Å². The van der Waals surface area contributed by atoms with E-state index < -0.39 is 45.8 Å². The molecule has 1 saturated carbocycles. The van der Waals surface area contributed by atoms with Gasteiger partial charge in [-0.05, 0) is 19.3 Å². The van der Waals surface area contributed by atoms with Gasteiger partial charge in [0.25, 0.3) is 0 Å². The lowest BCUT2D eigenvalue weighted by molar-refractivity contribution is -0.226. The lowest BCUT2D eigenvalue weighted by Gasteiger charge is -2.27. The van der Waals surface area contributed by atoms with E-state index in [0.717, 1.165) is 0 Å². The Morgan fingerprint density at radius 2 is 1.89 bits per heavy atom. The largest absolute Gasteiger partial charge is 0.481 e. The molecule has 1 heterocycles. The van der Waals surface area contributed by atoms with Gasteiger partial charge in [-0.15, -0.1) is 0 Å². The predicted molar refractivity (Wildman–Crippen MR) is 54.3 cm³/mol. The minimum Gasteiger partial charge on any atom is -0.481 e. The summed E-state index contributed by atoms with van der Waals surface area (Å²) in [6.07, 6.45) is -4.81. The topological polar surface area (TPSA) is 74.7 Å². The summed E-state index contributed by atoms with van der Waals surface area (Å²) < 4.78 is 62.8. The number of carboxylic acids is 1. The zero-order chi connectivity index (χ0) is 13.8. The summed E-state index contributed by atoms with van der Waals surface area (Å²) >= 11 is 0. The van der Waals surface area contributed by atoms with Gasteiger partial charge in [0, 0.05) is 13.1 Å². The van der Waals surface area contributed by atoms with Gasteiger partial charge in [0.2, 0.25) is 10.0 Å². The number of hydrogen-bond donors (Lipinski definition) is 1. The summed E-state index contributed by atoms with van der Waals surface area (Å²) in [5.74, 6) is -2.01. The Bertz CT molecular complexity index is 471. The summed E-state index contributed by atoms with van der Waals surface area (Å²) in [6, 6.07) is 0. The highest BCUT2D eigenvalue weighted by Crippen LogP contribution is 2.47. The molecule has 1 aliphatic carbocycles. The number of carbonyl (C=O) groups is 1. The van der Waals surface area contributed by atoms with Crippen molar-refractivity contribution in [3.8, 4) is 0 Å². The third-order valence-electron chi connectivity index (χ3n) is 3.49. The van der Waals surface area contributed by atoms with Gasteiger partial charge < -0.3 is 5.11 Å². The van der Waals surface area contributed by atoms with E-state index in [2.05, 4.69) is 0 Å². The lowest BCUT2D eigenvalue weighted by atomic mass is 9.86. The molecule has 2 fully saturated rings. The smallest absolute Gasteiger partial charge is 0.406 e. The number of sulfonamides is 1. The molecule has 0 bridgehead atoms. The number of rotatable bonds is 3. The molecule has 1 N–H and O–H groups in total. The Morgan fingerprint density at radius 1 is 1.33 bits per heavy atom. The summed E-state index contributed by atoms with van der Waals surface area (Å²) in [5, 5.41) is 8.17. The van der Waals surface area contributed by atoms with Crippen LogP contribution in [0.1, 0.15) is 19.3 Å². The van der Waals surface area contributed by atoms with Crippen LogP contribution in [0.15, 0.2) is 0 Å².